The lowest BCUT2D eigenvalue weighted by atomic mass is 10.2. The lowest BCUT2D eigenvalue weighted by Gasteiger charge is -2.37. The third kappa shape index (κ3) is 3.84. The molecular weight excluding hydrogens is 302 g/mol. The number of thioether (sulfide) groups is 1. The maximum absolute atomic E-state index is 12.4. The molecule has 1 aromatic heterocycles. The second-order valence-corrected chi connectivity index (χ2v) is 6.91. The quantitative estimate of drug-likeness (QED) is 0.925. The summed E-state index contributed by atoms with van der Waals surface area (Å²) >= 11 is 3.45. The van der Waals surface area contributed by atoms with Crippen LogP contribution in [0, 0.1) is 0 Å². The molecule has 1 amide bonds. The predicted octanol–water partition coefficient (Wildman–Crippen LogP) is 2.03. The number of hydrogen-bond donors (Lipinski definition) is 1. The molecule has 1 fully saturated rings. The van der Waals surface area contributed by atoms with Crippen molar-refractivity contribution in [3.63, 3.8) is 0 Å². The number of aromatic nitrogens is 1. The van der Waals surface area contributed by atoms with E-state index in [-0.39, 0.29) is 24.4 Å². The average molecular weight is 322 g/mol. The van der Waals surface area contributed by atoms with E-state index < -0.39 is 0 Å². The Morgan fingerprint density at radius 2 is 2.32 bits per heavy atom. The van der Waals surface area contributed by atoms with Gasteiger partial charge >= 0.3 is 0 Å². The van der Waals surface area contributed by atoms with E-state index in [2.05, 4.69) is 18.8 Å². The Kier molecular flexibility index (Phi) is 6.59. The van der Waals surface area contributed by atoms with E-state index in [4.69, 9.17) is 5.73 Å². The van der Waals surface area contributed by atoms with Crippen molar-refractivity contribution in [3.8, 4) is 0 Å². The minimum atomic E-state index is 0. The Bertz CT molecular complexity index is 427. The molecule has 0 aromatic carbocycles. The normalized spacial score (nSPS) is 23.0. The molecule has 1 saturated heterocycles. The molecule has 2 atom stereocenters. The van der Waals surface area contributed by atoms with Crippen LogP contribution in [0.25, 0.3) is 0 Å². The first-order valence-corrected chi connectivity index (χ1v) is 8.13. The molecule has 0 spiro atoms. The Morgan fingerprint density at radius 1 is 1.58 bits per heavy atom. The van der Waals surface area contributed by atoms with Gasteiger partial charge in [0.1, 0.15) is 5.69 Å². The highest BCUT2D eigenvalue weighted by Gasteiger charge is 2.30. The Labute approximate surface area is 128 Å². The summed E-state index contributed by atoms with van der Waals surface area (Å²) in [7, 11) is 0. The Hall–Kier alpha value is -0.300. The second kappa shape index (κ2) is 7.47. The van der Waals surface area contributed by atoms with Gasteiger partial charge in [-0.1, -0.05) is 6.92 Å². The van der Waals surface area contributed by atoms with Gasteiger partial charge in [0.2, 0.25) is 0 Å². The number of nitrogens with two attached hydrogens (primary N) is 1. The fourth-order valence-corrected chi connectivity index (χ4v) is 3.90. The molecule has 1 aliphatic rings. The lowest BCUT2D eigenvalue weighted by Crippen LogP contribution is -2.48. The summed E-state index contributed by atoms with van der Waals surface area (Å²) in [6.07, 6.45) is 0.750. The van der Waals surface area contributed by atoms with E-state index in [0.29, 0.717) is 17.5 Å². The zero-order valence-corrected chi connectivity index (χ0v) is 13.6. The van der Waals surface area contributed by atoms with Gasteiger partial charge in [0, 0.05) is 35.4 Å². The van der Waals surface area contributed by atoms with Crippen LogP contribution in [0.2, 0.25) is 0 Å². The predicted molar refractivity (Wildman–Crippen MR) is 84.5 cm³/mol. The largest absolute Gasteiger partial charge is 0.333 e. The van der Waals surface area contributed by atoms with Crippen molar-refractivity contribution in [1.82, 2.24) is 9.88 Å². The van der Waals surface area contributed by atoms with Crippen LogP contribution in [0.1, 0.15) is 29.3 Å². The van der Waals surface area contributed by atoms with E-state index in [9.17, 15) is 4.79 Å². The summed E-state index contributed by atoms with van der Waals surface area (Å²) in [6.45, 7) is 5.69. The van der Waals surface area contributed by atoms with Gasteiger partial charge in [-0.05, 0) is 13.5 Å². The molecule has 0 radical (unpaired) electrons. The van der Waals surface area contributed by atoms with E-state index in [0.717, 1.165) is 23.7 Å². The van der Waals surface area contributed by atoms with Crippen LogP contribution in [0.5, 0.6) is 0 Å². The number of rotatable bonds is 3. The lowest BCUT2D eigenvalue weighted by molar-refractivity contribution is 0.0693. The number of amides is 1. The van der Waals surface area contributed by atoms with Crippen LogP contribution in [0.15, 0.2) is 5.38 Å². The zero-order valence-electron chi connectivity index (χ0n) is 11.2. The van der Waals surface area contributed by atoms with Crippen molar-refractivity contribution in [2.75, 3.05) is 18.8 Å². The third-order valence-electron chi connectivity index (χ3n) is 3.27. The molecule has 2 rings (SSSR count). The first kappa shape index (κ1) is 16.8. The van der Waals surface area contributed by atoms with Gasteiger partial charge in [-0.3, -0.25) is 4.79 Å². The van der Waals surface area contributed by atoms with Gasteiger partial charge in [0.05, 0.1) is 5.01 Å². The molecular formula is C12H20ClN3OS2. The van der Waals surface area contributed by atoms with Crippen molar-refractivity contribution in [1.29, 1.82) is 0 Å². The minimum Gasteiger partial charge on any atom is -0.333 e. The molecule has 2 unspecified atom stereocenters. The summed E-state index contributed by atoms with van der Waals surface area (Å²) in [4.78, 5) is 18.7. The smallest absolute Gasteiger partial charge is 0.273 e. The van der Waals surface area contributed by atoms with Gasteiger partial charge < -0.3 is 10.6 Å². The maximum atomic E-state index is 12.4. The topological polar surface area (TPSA) is 59.2 Å². The molecule has 4 nitrogen and oxygen atoms in total. The van der Waals surface area contributed by atoms with Crippen LogP contribution >= 0.6 is 35.5 Å². The third-order valence-corrected chi connectivity index (χ3v) is 5.52. The highest BCUT2D eigenvalue weighted by atomic mass is 35.5. The van der Waals surface area contributed by atoms with Gasteiger partial charge in [0.15, 0.2) is 0 Å². The van der Waals surface area contributed by atoms with Crippen LogP contribution in [-0.2, 0) is 6.42 Å². The number of thiazole rings is 1. The Morgan fingerprint density at radius 3 is 3.00 bits per heavy atom. The van der Waals surface area contributed by atoms with Crippen LogP contribution in [0.4, 0.5) is 0 Å². The molecule has 2 heterocycles. The first-order valence-electron chi connectivity index (χ1n) is 6.20. The number of hydrogen-bond acceptors (Lipinski definition) is 5. The molecule has 1 aromatic rings. The number of nitrogens with zero attached hydrogens (tertiary/aromatic N) is 2. The molecule has 7 heteroatoms. The molecule has 0 bridgehead atoms. The summed E-state index contributed by atoms with van der Waals surface area (Å²) in [5.74, 6) is 1.08. The average Bonchev–Trinajstić information content (AvgIpc) is 2.81. The highest BCUT2D eigenvalue weighted by Crippen LogP contribution is 2.25. The number of halogens is 1. The molecule has 19 heavy (non-hydrogen) atoms. The number of carbonyl (C=O) groups is 1. The van der Waals surface area contributed by atoms with Gasteiger partial charge in [-0.15, -0.1) is 23.7 Å². The maximum Gasteiger partial charge on any atom is 0.273 e. The first-order chi connectivity index (χ1) is 8.63. The molecule has 2 N–H and O–H groups in total. The monoisotopic (exact) mass is 321 g/mol. The standard InChI is InChI=1S/C12H19N3OS2.ClH/c1-8-9(2)17-6-5-15(8)12(16)10-7-18-11(14-10)3-4-13;/h7-9H,3-6,13H2,1-2H3;1H. The highest BCUT2D eigenvalue weighted by molar-refractivity contribution is 8.00. The summed E-state index contributed by atoms with van der Waals surface area (Å²) in [6, 6.07) is 0.274. The minimum absolute atomic E-state index is 0. The molecule has 108 valence electrons. The summed E-state index contributed by atoms with van der Waals surface area (Å²) in [5.41, 5.74) is 6.08. The van der Waals surface area contributed by atoms with Gasteiger partial charge in [-0.2, -0.15) is 11.8 Å². The van der Waals surface area contributed by atoms with Crippen molar-refractivity contribution in [2.24, 2.45) is 5.73 Å². The van der Waals surface area contributed by atoms with Crippen molar-refractivity contribution < 1.29 is 4.79 Å². The summed E-state index contributed by atoms with van der Waals surface area (Å²) < 4.78 is 0. The fraction of sp³-hybridized carbons (Fsp3) is 0.667. The SMILES string of the molecule is CC1SCCN(C(=O)c2csc(CCN)n2)C1C.Cl. The molecule has 1 aliphatic heterocycles. The van der Waals surface area contributed by atoms with Gasteiger partial charge in [-0.25, -0.2) is 4.98 Å². The van der Waals surface area contributed by atoms with E-state index in [1.54, 1.807) is 0 Å². The van der Waals surface area contributed by atoms with Gasteiger partial charge in [0.25, 0.3) is 5.91 Å². The zero-order chi connectivity index (χ0) is 13.1. The second-order valence-electron chi connectivity index (χ2n) is 4.48. The van der Waals surface area contributed by atoms with E-state index in [1.807, 2.05) is 22.0 Å². The van der Waals surface area contributed by atoms with E-state index >= 15 is 0 Å². The van der Waals surface area contributed by atoms with Crippen molar-refractivity contribution >= 4 is 41.4 Å². The Balaban J connectivity index is 0.00000180. The van der Waals surface area contributed by atoms with Crippen molar-refractivity contribution in [3.05, 3.63) is 16.1 Å². The fourth-order valence-electron chi connectivity index (χ4n) is 2.01. The molecule has 0 aliphatic carbocycles. The molecule has 0 saturated carbocycles. The van der Waals surface area contributed by atoms with E-state index in [1.165, 1.54) is 11.3 Å². The number of carbonyl (C=O) groups excluding carboxylic acids is 1. The summed E-state index contributed by atoms with van der Waals surface area (Å²) in [5, 5.41) is 3.30. The van der Waals surface area contributed by atoms with Crippen LogP contribution in [0.3, 0.4) is 0 Å². The van der Waals surface area contributed by atoms with Crippen molar-refractivity contribution in [2.45, 2.75) is 31.6 Å². The van der Waals surface area contributed by atoms with Crippen LogP contribution < -0.4 is 5.73 Å². The van der Waals surface area contributed by atoms with Crippen LogP contribution in [-0.4, -0.2) is 45.9 Å².